The molecule has 10 fully saturated rings. The maximum Gasteiger partial charge on any atom is 0.332 e. The Bertz CT molecular complexity index is 2250. The van der Waals surface area contributed by atoms with Crippen LogP contribution in [0.2, 0.25) is 0 Å². The van der Waals surface area contributed by atoms with Crippen LogP contribution in [0.15, 0.2) is 0 Å². The topological polar surface area (TPSA) is 229 Å². The highest BCUT2D eigenvalue weighted by atomic mass is 16.6. The number of ether oxygens (including phenoxy) is 10. The van der Waals surface area contributed by atoms with Crippen molar-refractivity contribution >= 4 is 47.8 Å². The largest absolute Gasteiger partial charge is 0.465 e. The number of hydrogen-bond donors (Lipinski definition) is 0. The van der Waals surface area contributed by atoms with Gasteiger partial charge in [-0.15, -0.1) is 0 Å². The summed E-state index contributed by atoms with van der Waals surface area (Å²) in [4.78, 5) is 94.8. The molecular formula is C72H120O18. The molecule has 0 radical (unpaired) electrons. The predicted octanol–water partition coefficient (Wildman–Crippen LogP) is 13.9. The summed E-state index contributed by atoms with van der Waals surface area (Å²) < 4.78 is 54.3. The molecule has 2 atom stereocenters. The minimum absolute atomic E-state index is 0.0667. The van der Waals surface area contributed by atoms with E-state index in [0.717, 1.165) is 114 Å². The smallest absolute Gasteiger partial charge is 0.332 e. The Morgan fingerprint density at radius 3 is 1.01 bits per heavy atom. The summed E-state index contributed by atoms with van der Waals surface area (Å²) in [6.07, 6.45) is 25.8. The lowest BCUT2D eigenvalue weighted by Crippen LogP contribution is -2.58. The number of esters is 8. The van der Waals surface area contributed by atoms with E-state index in [9.17, 15) is 38.4 Å². The Kier molecular flexibility index (Phi) is 29.9. The minimum atomic E-state index is -0.486. The molecule has 0 heterocycles. The third-order valence-corrected chi connectivity index (χ3v) is 22.5. The van der Waals surface area contributed by atoms with Crippen LogP contribution < -0.4 is 0 Å². The molecule has 0 aromatic rings. The lowest BCUT2D eigenvalue weighted by Gasteiger charge is -2.59. The molecule has 10 saturated carbocycles. The van der Waals surface area contributed by atoms with Crippen LogP contribution in [0.1, 0.15) is 264 Å². The summed E-state index contributed by atoms with van der Waals surface area (Å²) in [5.74, 6) is 3.26. The Hall–Kier alpha value is -4.32. The van der Waals surface area contributed by atoms with E-state index < -0.39 is 10.8 Å². The van der Waals surface area contributed by atoms with Crippen molar-refractivity contribution in [2.45, 2.75) is 286 Å². The van der Waals surface area contributed by atoms with Crippen LogP contribution in [-0.2, 0) is 85.7 Å². The van der Waals surface area contributed by atoms with Crippen molar-refractivity contribution in [1.29, 1.82) is 0 Å². The van der Waals surface area contributed by atoms with E-state index in [1.807, 2.05) is 69.2 Å². The number of carbonyl (C=O) groups is 8. The van der Waals surface area contributed by atoms with E-state index in [1.54, 1.807) is 0 Å². The first-order valence-electron chi connectivity index (χ1n) is 35.2. The van der Waals surface area contributed by atoms with E-state index in [0.29, 0.717) is 23.7 Å². The lowest BCUT2D eigenvalue weighted by molar-refractivity contribution is -0.207. The van der Waals surface area contributed by atoms with Crippen LogP contribution >= 0.6 is 0 Å². The summed E-state index contributed by atoms with van der Waals surface area (Å²) in [7, 11) is 0. The Balaban J connectivity index is 0.000000220. The fourth-order valence-electron chi connectivity index (χ4n) is 15.3. The van der Waals surface area contributed by atoms with Gasteiger partial charge in [-0.2, -0.15) is 0 Å². The van der Waals surface area contributed by atoms with Gasteiger partial charge < -0.3 is 47.4 Å². The summed E-state index contributed by atoms with van der Waals surface area (Å²) in [5.41, 5.74) is -2.10. The van der Waals surface area contributed by atoms with Gasteiger partial charge in [-0.3, -0.25) is 28.8 Å². The van der Waals surface area contributed by atoms with E-state index >= 15 is 0 Å². The van der Waals surface area contributed by atoms with Gasteiger partial charge in [0.15, 0.2) is 0 Å². The van der Waals surface area contributed by atoms with Crippen LogP contribution in [0.5, 0.6) is 0 Å². The highest BCUT2D eigenvalue weighted by Crippen LogP contribution is 2.61. The lowest BCUT2D eigenvalue weighted by atomic mass is 9.50. The molecule has 10 aliphatic carbocycles. The van der Waals surface area contributed by atoms with Crippen LogP contribution in [0.4, 0.5) is 0 Å². The van der Waals surface area contributed by atoms with Gasteiger partial charge in [0.05, 0.1) is 48.7 Å². The highest BCUT2D eigenvalue weighted by molar-refractivity contribution is 5.77. The standard InChI is InChI=1S/C21H34O5.C20H32O5.C16H28O4.C15H26O4/c1-5-20(2,3)19(23)25-7-6-24-13-18(22)26-21(4)16-9-14-8-15(11-16)12-17(21)10-14;1-4-13(2)19(22)24-6-5-23-12-18(21)25-20(3)16-8-14-7-15(10-16)11-17(20)9-14;1-5-15(3,4)14(18)19-12-9-13(17)20-16(6-2)10-7-8-11-16;1-4-12(3)14(17)18-11-8-13(16)19-15(5-2)9-6-7-10-15/h14-17H,5-13H2,1-4H3;13-17H,4-12H2,1-3H3;5-12H2,1-4H3;12H,4-11H2,1-3H3. The molecular weight excluding hydrogens is 1150 g/mol. The van der Waals surface area contributed by atoms with E-state index in [1.165, 1.54) is 64.2 Å². The molecule has 0 aromatic carbocycles. The molecule has 10 aliphatic rings. The molecule has 0 spiro atoms. The zero-order chi connectivity index (χ0) is 66.5. The Morgan fingerprint density at radius 2 is 0.700 bits per heavy atom. The zero-order valence-corrected chi connectivity index (χ0v) is 58.2. The van der Waals surface area contributed by atoms with E-state index in [4.69, 9.17) is 47.4 Å². The molecule has 0 saturated heterocycles. The van der Waals surface area contributed by atoms with Crippen molar-refractivity contribution in [2.24, 2.45) is 70.0 Å². The van der Waals surface area contributed by atoms with Crippen molar-refractivity contribution in [3.8, 4) is 0 Å². The quantitative estimate of drug-likeness (QED) is 0.0370. The van der Waals surface area contributed by atoms with Crippen LogP contribution in [0, 0.1) is 70.0 Å². The summed E-state index contributed by atoms with van der Waals surface area (Å²) in [6, 6.07) is 0. The normalized spacial score (nSPS) is 28.4. The second-order valence-corrected chi connectivity index (χ2v) is 29.7. The fraction of sp³-hybridized carbons (Fsp3) is 0.889. The van der Waals surface area contributed by atoms with Gasteiger partial charge in [0.1, 0.15) is 62.0 Å². The Morgan fingerprint density at radius 1 is 0.400 bits per heavy atom. The van der Waals surface area contributed by atoms with Crippen molar-refractivity contribution in [3.05, 3.63) is 0 Å². The van der Waals surface area contributed by atoms with Crippen LogP contribution in [0.25, 0.3) is 0 Å². The highest BCUT2D eigenvalue weighted by Gasteiger charge is 2.58. The molecule has 0 amide bonds. The molecule has 18 nitrogen and oxygen atoms in total. The van der Waals surface area contributed by atoms with Gasteiger partial charge >= 0.3 is 47.8 Å². The van der Waals surface area contributed by atoms with Crippen molar-refractivity contribution in [1.82, 2.24) is 0 Å². The number of hydrogen-bond acceptors (Lipinski definition) is 18. The second kappa shape index (κ2) is 35.3. The van der Waals surface area contributed by atoms with Crippen molar-refractivity contribution < 1.29 is 85.7 Å². The first-order chi connectivity index (χ1) is 42.5. The maximum atomic E-state index is 12.3. The predicted molar refractivity (Wildman–Crippen MR) is 340 cm³/mol. The van der Waals surface area contributed by atoms with Gasteiger partial charge in [-0.1, -0.05) is 55.4 Å². The average Bonchev–Trinajstić information content (AvgIpc) is 0.889. The fourth-order valence-corrected chi connectivity index (χ4v) is 15.3. The molecule has 90 heavy (non-hydrogen) atoms. The Labute approximate surface area is 540 Å². The summed E-state index contributed by atoms with van der Waals surface area (Å²) >= 11 is 0. The molecule has 0 aromatic heterocycles. The SMILES string of the molecule is CCC(C)(C)C(=O)OCCOCC(=O)OC1(C)C2CC3CC(C2)CC1C3.CCC(C)C(=O)OCCC(=O)OC1(CC)CCCC1.CCC(C)C(=O)OCCOCC(=O)OC1(C)C2CC3CC(C2)CC1C3.CCC1(OC(=O)CCOC(=O)C(C)(C)CC)CCCC1. The number of carbonyl (C=O) groups excluding carboxylic acids is 8. The monoisotopic (exact) mass is 1270 g/mol. The summed E-state index contributed by atoms with van der Waals surface area (Å²) in [6.45, 7) is 28.1. The van der Waals surface area contributed by atoms with E-state index in [-0.39, 0.29) is 148 Å². The minimum Gasteiger partial charge on any atom is -0.465 e. The molecule has 18 heteroatoms. The zero-order valence-electron chi connectivity index (χ0n) is 58.2. The molecule has 0 aliphatic heterocycles. The molecule has 516 valence electrons. The number of rotatable bonds is 30. The second-order valence-electron chi connectivity index (χ2n) is 29.7. The van der Waals surface area contributed by atoms with Crippen LogP contribution in [-0.4, -0.2) is 123 Å². The van der Waals surface area contributed by atoms with Crippen molar-refractivity contribution in [3.63, 3.8) is 0 Å². The van der Waals surface area contributed by atoms with E-state index in [2.05, 4.69) is 27.7 Å². The third kappa shape index (κ3) is 21.9. The first kappa shape index (κ1) is 76.4. The van der Waals surface area contributed by atoms with Gasteiger partial charge in [0, 0.05) is 0 Å². The van der Waals surface area contributed by atoms with Crippen molar-refractivity contribution in [2.75, 3.05) is 52.9 Å². The summed E-state index contributed by atoms with van der Waals surface area (Å²) in [5, 5.41) is 0. The maximum absolute atomic E-state index is 12.3. The molecule has 2 unspecified atom stereocenters. The van der Waals surface area contributed by atoms with Gasteiger partial charge in [-0.05, 0) is 243 Å². The van der Waals surface area contributed by atoms with Gasteiger partial charge in [-0.25, -0.2) is 9.59 Å². The van der Waals surface area contributed by atoms with Crippen LogP contribution in [0.3, 0.4) is 0 Å². The average molecular weight is 1270 g/mol. The third-order valence-electron chi connectivity index (χ3n) is 22.5. The molecule has 10 rings (SSSR count). The molecule has 8 bridgehead atoms. The first-order valence-corrected chi connectivity index (χ1v) is 35.2. The van der Waals surface area contributed by atoms with Gasteiger partial charge in [0.2, 0.25) is 0 Å². The molecule has 0 N–H and O–H groups in total. The van der Waals surface area contributed by atoms with Gasteiger partial charge in [0.25, 0.3) is 0 Å².